The third-order valence-electron chi connectivity index (χ3n) is 2.02. The van der Waals surface area contributed by atoms with Gasteiger partial charge in [-0.15, -0.1) is 0 Å². The van der Waals surface area contributed by atoms with Gasteiger partial charge in [-0.25, -0.2) is 4.39 Å². The monoisotopic (exact) mass is 239 g/mol. The average molecular weight is 239 g/mol. The molecule has 94 valence electrons. The molecule has 0 aromatic heterocycles. The number of carbonyl (C=O) groups is 2. The Labute approximate surface area is 101 Å². The molecule has 0 unspecified atom stereocenters. The van der Waals surface area contributed by atoms with Gasteiger partial charge in [0.1, 0.15) is 12.1 Å². The number of fused-ring (bicyclic) bond motifs is 1. The third kappa shape index (κ3) is 3.37. The van der Waals surface area contributed by atoms with Crippen LogP contribution in [0.4, 0.5) is 4.39 Å². The molecule has 1 aromatic rings. The lowest BCUT2D eigenvalue weighted by Gasteiger charge is -1.98. The number of nitrogens with one attached hydrogen (secondary N) is 1. The van der Waals surface area contributed by atoms with Crippen molar-refractivity contribution in [1.82, 2.24) is 5.32 Å². The van der Waals surface area contributed by atoms with Gasteiger partial charge in [-0.3, -0.25) is 9.59 Å². The van der Waals surface area contributed by atoms with E-state index in [1.165, 1.54) is 6.07 Å². The molecule has 1 aliphatic heterocycles. The van der Waals surface area contributed by atoms with E-state index in [0.29, 0.717) is 11.8 Å². The first-order valence-corrected chi connectivity index (χ1v) is 5.78. The first kappa shape index (κ1) is 15.3. The molecule has 1 aromatic carbocycles. The fraction of sp³-hybridized carbons (Fsp3) is 0.385. The lowest BCUT2D eigenvalue weighted by atomic mass is 10.1. The Bertz CT molecular complexity index is 403. The predicted molar refractivity (Wildman–Crippen MR) is 65.7 cm³/mol. The Hall–Kier alpha value is -1.71. The molecule has 1 N–H and O–H groups in total. The van der Waals surface area contributed by atoms with Crippen LogP contribution in [0.1, 0.15) is 54.0 Å². The molecular formula is C13H18FNO2. The summed E-state index contributed by atoms with van der Waals surface area (Å²) in [5, 5.41) is 2.48. The summed E-state index contributed by atoms with van der Waals surface area (Å²) < 4.78 is 13.2. The van der Waals surface area contributed by atoms with Crippen molar-refractivity contribution in [1.29, 1.82) is 0 Å². The Morgan fingerprint density at radius 2 is 1.82 bits per heavy atom. The standard InChI is InChI=1S/C9H6FNO2.2C2H6/c10-8-2-5(4-12)1-6-7(8)3-11-9(6)13;2*1-2/h1-2,4H,3H2,(H,11,13);2*1-2H3. The van der Waals surface area contributed by atoms with Crippen molar-refractivity contribution in [3.05, 3.63) is 34.6 Å². The van der Waals surface area contributed by atoms with E-state index in [1.807, 2.05) is 27.7 Å². The van der Waals surface area contributed by atoms with Crippen molar-refractivity contribution < 1.29 is 14.0 Å². The van der Waals surface area contributed by atoms with E-state index >= 15 is 0 Å². The number of hydrogen-bond acceptors (Lipinski definition) is 2. The van der Waals surface area contributed by atoms with Crippen LogP contribution in [0.15, 0.2) is 12.1 Å². The molecule has 0 aliphatic carbocycles. The average Bonchev–Trinajstić information content (AvgIpc) is 2.77. The van der Waals surface area contributed by atoms with Gasteiger partial charge >= 0.3 is 0 Å². The highest BCUT2D eigenvalue weighted by Gasteiger charge is 2.22. The minimum atomic E-state index is -0.502. The minimum absolute atomic E-state index is 0.188. The number of rotatable bonds is 1. The molecule has 0 saturated heterocycles. The van der Waals surface area contributed by atoms with Crippen LogP contribution < -0.4 is 5.32 Å². The molecule has 4 heteroatoms. The second kappa shape index (κ2) is 7.54. The van der Waals surface area contributed by atoms with Crippen LogP contribution in [0.3, 0.4) is 0 Å². The number of halogens is 1. The molecule has 2 rings (SSSR count). The molecule has 1 amide bonds. The number of benzene rings is 1. The van der Waals surface area contributed by atoms with E-state index in [0.717, 1.165) is 6.07 Å². The maximum atomic E-state index is 13.2. The molecule has 17 heavy (non-hydrogen) atoms. The van der Waals surface area contributed by atoms with Crippen molar-refractivity contribution in [2.75, 3.05) is 0 Å². The van der Waals surface area contributed by atoms with Crippen molar-refractivity contribution in [3.63, 3.8) is 0 Å². The molecule has 1 aliphatic rings. The van der Waals surface area contributed by atoms with Gasteiger partial charge in [-0.2, -0.15) is 0 Å². The lowest BCUT2D eigenvalue weighted by molar-refractivity contribution is 0.0965. The van der Waals surface area contributed by atoms with Crippen molar-refractivity contribution >= 4 is 12.2 Å². The Morgan fingerprint density at radius 1 is 1.24 bits per heavy atom. The fourth-order valence-corrected chi connectivity index (χ4v) is 1.37. The molecule has 0 spiro atoms. The van der Waals surface area contributed by atoms with E-state index in [2.05, 4.69) is 5.32 Å². The molecule has 0 atom stereocenters. The number of amides is 1. The quantitative estimate of drug-likeness (QED) is 0.766. The molecule has 0 radical (unpaired) electrons. The van der Waals surface area contributed by atoms with Crippen LogP contribution in [-0.2, 0) is 6.54 Å². The van der Waals surface area contributed by atoms with E-state index < -0.39 is 5.82 Å². The third-order valence-corrected chi connectivity index (χ3v) is 2.02. The van der Waals surface area contributed by atoms with Crippen LogP contribution in [0.5, 0.6) is 0 Å². The van der Waals surface area contributed by atoms with E-state index in [-0.39, 0.29) is 23.6 Å². The summed E-state index contributed by atoms with van der Waals surface area (Å²) in [6.07, 6.45) is 0.523. The van der Waals surface area contributed by atoms with Gasteiger partial charge in [-0.05, 0) is 12.1 Å². The summed E-state index contributed by atoms with van der Waals surface area (Å²) in [4.78, 5) is 21.5. The van der Waals surface area contributed by atoms with E-state index in [1.54, 1.807) is 0 Å². The highest BCUT2D eigenvalue weighted by Crippen LogP contribution is 2.20. The Morgan fingerprint density at radius 3 is 2.35 bits per heavy atom. The Balaban J connectivity index is 0.000000581. The normalized spacial score (nSPS) is 11.2. The maximum absolute atomic E-state index is 13.2. The van der Waals surface area contributed by atoms with Gasteiger partial charge in [0.25, 0.3) is 5.91 Å². The molecule has 0 fully saturated rings. The van der Waals surface area contributed by atoms with Crippen molar-refractivity contribution in [3.8, 4) is 0 Å². The summed E-state index contributed by atoms with van der Waals surface area (Å²) in [5.74, 6) is -0.824. The summed E-state index contributed by atoms with van der Waals surface area (Å²) >= 11 is 0. The Kier molecular flexibility index (Phi) is 6.79. The summed E-state index contributed by atoms with van der Waals surface area (Å²) in [7, 11) is 0. The van der Waals surface area contributed by atoms with Gasteiger partial charge in [0, 0.05) is 23.2 Å². The summed E-state index contributed by atoms with van der Waals surface area (Å²) in [5.41, 5.74) is 0.797. The number of hydrogen-bond donors (Lipinski definition) is 1. The zero-order valence-electron chi connectivity index (χ0n) is 10.6. The fourth-order valence-electron chi connectivity index (χ4n) is 1.37. The lowest BCUT2D eigenvalue weighted by Crippen LogP contribution is -2.12. The van der Waals surface area contributed by atoms with Crippen LogP contribution in [0.2, 0.25) is 0 Å². The van der Waals surface area contributed by atoms with Crippen LogP contribution >= 0.6 is 0 Å². The zero-order valence-corrected chi connectivity index (χ0v) is 10.6. The largest absolute Gasteiger partial charge is 0.348 e. The number of aldehydes is 1. The molecule has 0 saturated carbocycles. The second-order valence-electron chi connectivity index (χ2n) is 2.83. The molecule has 1 heterocycles. The zero-order chi connectivity index (χ0) is 13.4. The number of carbonyl (C=O) groups excluding carboxylic acids is 2. The van der Waals surface area contributed by atoms with Crippen LogP contribution in [0.25, 0.3) is 0 Å². The summed E-state index contributed by atoms with van der Waals surface area (Å²) in [6, 6.07) is 2.53. The highest BCUT2D eigenvalue weighted by atomic mass is 19.1. The van der Waals surface area contributed by atoms with Crippen LogP contribution in [-0.4, -0.2) is 12.2 Å². The molecule has 3 nitrogen and oxygen atoms in total. The van der Waals surface area contributed by atoms with Crippen molar-refractivity contribution in [2.45, 2.75) is 34.2 Å². The molecule has 0 bridgehead atoms. The van der Waals surface area contributed by atoms with E-state index in [9.17, 15) is 14.0 Å². The van der Waals surface area contributed by atoms with Crippen LogP contribution in [0, 0.1) is 5.82 Å². The SMILES string of the molecule is CC.CC.O=Cc1cc(F)c2c(c1)C(=O)NC2. The highest BCUT2D eigenvalue weighted by molar-refractivity contribution is 5.99. The predicted octanol–water partition coefficient (Wildman–Crippen LogP) is 2.93. The maximum Gasteiger partial charge on any atom is 0.252 e. The van der Waals surface area contributed by atoms with Gasteiger partial charge in [0.2, 0.25) is 0 Å². The van der Waals surface area contributed by atoms with Gasteiger partial charge in [0.05, 0.1) is 0 Å². The smallest absolute Gasteiger partial charge is 0.252 e. The topological polar surface area (TPSA) is 46.2 Å². The van der Waals surface area contributed by atoms with E-state index in [4.69, 9.17) is 0 Å². The van der Waals surface area contributed by atoms with Gasteiger partial charge in [0.15, 0.2) is 0 Å². The van der Waals surface area contributed by atoms with Gasteiger partial charge < -0.3 is 5.32 Å². The van der Waals surface area contributed by atoms with Crippen molar-refractivity contribution in [2.24, 2.45) is 0 Å². The molecular weight excluding hydrogens is 221 g/mol. The first-order chi connectivity index (χ1) is 8.22. The second-order valence-corrected chi connectivity index (χ2v) is 2.83. The first-order valence-electron chi connectivity index (χ1n) is 5.78. The summed E-state index contributed by atoms with van der Waals surface area (Å²) in [6.45, 7) is 8.21. The van der Waals surface area contributed by atoms with Gasteiger partial charge in [-0.1, -0.05) is 27.7 Å². The minimum Gasteiger partial charge on any atom is -0.348 e.